The summed E-state index contributed by atoms with van der Waals surface area (Å²) in [7, 11) is 0. The van der Waals surface area contributed by atoms with E-state index < -0.39 is 17.6 Å². The third kappa shape index (κ3) is 2.84. The zero-order valence-corrected chi connectivity index (χ0v) is 9.36. The van der Waals surface area contributed by atoms with Crippen molar-refractivity contribution in [1.29, 1.82) is 0 Å². The largest absolute Gasteiger partial charge is 0.431 e. The standard InChI is InChI=1S/C11H8F3N3O2/c12-11(13,14)6-3-1-2-4-7(6)16-9(18)8-5-19-10(15)17-8/h1-5H,(H2,15,17)(H,16,18). The minimum atomic E-state index is -4.56. The normalized spacial score (nSPS) is 11.3. The summed E-state index contributed by atoms with van der Waals surface area (Å²) in [6.45, 7) is 0. The number of nitrogens with one attached hydrogen (secondary N) is 1. The maximum absolute atomic E-state index is 12.7. The first-order valence-electron chi connectivity index (χ1n) is 5.06. The predicted molar refractivity (Wildman–Crippen MR) is 60.3 cm³/mol. The zero-order chi connectivity index (χ0) is 14.0. The molecule has 0 aliphatic carbocycles. The predicted octanol–water partition coefficient (Wildman–Crippen LogP) is 2.53. The molecule has 0 bridgehead atoms. The summed E-state index contributed by atoms with van der Waals surface area (Å²) in [6, 6.07) is 4.38. The first-order valence-corrected chi connectivity index (χ1v) is 5.06. The minimum absolute atomic E-state index is 0.200. The molecule has 2 aromatic rings. The van der Waals surface area contributed by atoms with Gasteiger partial charge < -0.3 is 15.5 Å². The average molecular weight is 271 g/mol. The number of nitrogen functional groups attached to an aromatic ring is 1. The van der Waals surface area contributed by atoms with E-state index in [1.165, 1.54) is 12.1 Å². The third-order valence-corrected chi connectivity index (χ3v) is 2.24. The lowest BCUT2D eigenvalue weighted by atomic mass is 10.1. The number of para-hydroxylation sites is 1. The summed E-state index contributed by atoms with van der Waals surface area (Å²) < 4.78 is 42.7. The Bertz CT molecular complexity index is 607. The van der Waals surface area contributed by atoms with Gasteiger partial charge in [0.2, 0.25) is 0 Å². The molecule has 0 saturated heterocycles. The quantitative estimate of drug-likeness (QED) is 0.879. The van der Waals surface area contributed by atoms with Gasteiger partial charge in [-0.25, -0.2) is 0 Å². The lowest BCUT2D eigenvalue weighted by molar-refractivity contribution is -0.136. The number of oxazole rings is 1. The summed E-state index contributed by atoms with van der Waals surface area (Å²) in [4.78, 5) is 15.2. The van der Waals surface area contributed by atoms with Crippen LogP contribution in [0, 0.1) is 0 Å². The number of carbonyl (C=O) groups excluding carboxylic acids is 1. The third-order valence-electron chi connectivity index (χ3n) is 2.24. The van der Waals surface area contributed by atoms with Crippen molar-refractivity contribution in [3.05, 3.63) is 41.8 Å². The van der Waals surface area contributed by atoms with Crippen LogP contribution in [-0.4, -0.2) is 10.9 Å². The summed E-state index contributed by atoms with van der Waals surface area (Å²) in [6.07, 6.45) is -3.60. The molecular formula is C11H8F3N3O2. The fraction of sp³-hybridized carbons (Fsp3) is 0.0909. The molecule has 2 rings (SSSR count). The first-order chi connectivity index (χ1) is 8.88. The molecule has 19 heavy (non-hydrogen) atoms. The van der Waals surface area contributed by atoms with Crippen molar-refractivity contribution in [1.82, 2.24) is 4.98 Å². The Hall–Kier alpha value is -2.51. The molecule has 1 heterocycles. The Morgan fingerprint density at radius 3 is 2.58 bits per heavy atom. The molecule has 1 aromatic carbocycles. The molecule has 100 valence electrons. The van der Waals surface area contributed by atoms with Crippen molar-refractivity contribution in [2.45, 2.75) is 6.18 Å². The molecule has 0 radical (unpaired) electrons. The molecule has 0 aliphatic rings. The maximum atomic E-state index is 12.7. The molecule has 0 aliphatic heterocycles. The molecule has 8 heteroatoms. The molecule has 3 N–H and O–H groups in total. The Balaban J connectivity index is 2.27. The SMILES string of the molecule is Nc1nc(C(=O)Nc2ccccc2C(F)(F)F)co1. The van der Waals surface area contributed by atoms with Gasteiger partial charge in [0.15, 0.2) is 5.69 Å². The van der Waals surface area contributed by atoms with Crippen LogP contribution in [0.3, 0.4) is 0 Å². The number of amides is 1. The number of aromatic nitrogens is 1. The van der Waals surface area contributed by atoms with Crippen LogP contribution in [0.25, 0.3) is 0 Å². The van der Waals surface area contributed by atoms with Gasteiger partial charge >= 0.3 is 6.18 Å². The highest BCUT2D eigenvalue weighted by atomic mass is 19.4. The van der Waals surface area contributed by atoms with E-state index >= 15 is 0 Å². The smallest absolute Gasteiger partial charge is 0.418 e. The highest BCUT2D eigenvalue weighted by Gasteiger charge is 2.33. The van der Waals surface area contributed by atoms with Crippen LogP contribution in [0.1, 0.15) is 16.1 Å². The van der Waals surface area contributed by atoms with Crippen molar-refractivity contribution in [3.63, 3.8) is 0 Å². The summed E-state index contributed by atoms with van der Waals surface area (Å²) >= 11 is 0. The van der Waals surface area contributed by atoms with E-state index in [-0.39, 0.29) is 17.4 Å². The number of hydrogen-bond acceptors (Lipinski definition) is 4. The summed E-state index contributed by atoms with van der Waals surface area (Å²) in [5.74, 6) is -0.836. The van der Waals surface area contributed by atoms with Gasteiger partial charge in [-0.3, -0.25) is 4.79 Å². The molecule has 0 atom stereocenters. The number of hydrogen-bond donors (Lipinski definition) is 2. The van der Waals surface area contributed by atoms with E-state index in [1.54, 1.807) is 0 Å². The van der Waals surface area contributed by atoms with E-state index in [4.69, 9.17) is 5.73 Å². The monoisotopic (exact) mass is 271 g/mol. The first kappa shape index (κ1) is 12.9. The number of halogens is 3. The highest BCUT2D eigenvalue weighted by Crippen LogP contribution is 2.34. The number of nitrogens with zero attached hydrogens (tertiary/aromatic N) is 1. The number of rotatable bonds is 2. The van der Waals surface area contributed by atoms with Gasteiger partial charge in [-0.2, -0.15) is 18.2 Å². The second-order valence-corrected chi connectivity index (χ2v) is 3.57. The van der Waals surface area contributed by atoms with Crippen LogP contribution >= 0.6 is 0 Å². The number of benzene rings is 1. The number of nitrogens with two attached hydrogens (primary N) is 1. The van der Waals surface area contributed by atoms with Crippen molar-refractivity contribution < 1.29 is 22.4 Å². The van der Waals surface area contributed by atoms with Crippen LogP contribution in [0.5, 0.6) is 0 Å². The Morgan fingerprint density at radius 2 is 2.00 bits per heavy atom. The molecule has 1 amide bonds. The highest BCUT2D eigenvalue weighted by molar-refractivity contribution is 6.03. The molecule has 0 fully saturated rings. The number of alkyl halides is 3. The van der Waals surface area contributed by atoms with Crippen LogP contribution in [0.15, 0.2) is 34.9 Å². The van der Waals surface area contributed by atoms with Gasteiger partial charge in [0.1, 0.15) is 6.26 Å². The fourth-order valence-corrected chi connectivity index (χ4v) is 1.42. The van der Waals surface area contributed by atoms with Crippen molar-refractivity contribution in [2.24, 2.45) is 0 Å². The lowest BCUT2D eigenvalue weighted by Crippen LogP contribution is -2.16. The maximum Gasteiger partial charge on any atom is 0.418 e. The fourth-order valence-electron chi connectivity index (χ4n) is 1.42. The van der Waals surface area contributed by atoms with E-state index in [2.05, 4.69) is 14.7 Å². The molecule has 0 unspecified atom stereocenters. The van der Waals surface area contributed by atoms with Crippen LogP contribution < -0.4 is 11.1 Å². The van der Waals surface area contributed by atoms with Crippen molar-refractivity contribution in [2.75, 3.05) is 11.1 Å². The lowest BCUT2D eigenvalue weighted by Gasteiger charge is -2.12. The van der Waals surface area contributed by atoms with Gasteiger partial charge in [0.05, 0.1) is 11.3 Å². The number of anilines is 2. The van der Waals surface area contributed by atoms with E-state index in [0.717, 1.165) is 18.4 Å². The van der Waals surface area contributed by atoms with E-state index in [1.807, 2.05) is 0 Å². The van der Waals surface area contributed by atoms with Gasteiger partial charge in [0.25, 0.3) is 11.9 Å². The molecule has 0 saturated carbocycles. The summed E-state index contributed by atoms with van der Waals surface area (Å²) in [5.41, 5.74) is 3.67. The van der Waals surface area contributed by atoms with Gasteiger partial charge in [-0.15, -0.1) is 0 Å². The Kier molecular flexibility index (Phi) is 3.16. The molecule has 1 aromatic heterocycles. The van der Waals surface area contributed by atoms with Crippen molar-refractivity contribution >= 4 is 17.6 Å². The van der Waals surface area contributed by atoms with E-state index in [9.17, 15) is 18.0 Å². The second-order valence-electron chi connectivity index (χ2n) is 3.57. The van der Waals surface area contributed by atoms with Crippen molar-refractivity contribution in [3.8, 4) is 0 Å². The second kappa shape index (κ2) is 4.63. The molecule has 0 spiro atoms. The average Bonchev–Trinajstić information content (AvgIpc) is 2.75. The van der Waals surface area contributed by atoms with Gasteiger partial charge in [-0.05, 0) is 12.1 Å². The van der Waals surface area contributed by atoms with Crippen LogP contribution in [0.4, 0.5) is 24.9 Å². The molecular weight excluding hydrogens is 263 g/mol. The number of carbonyl (C=O) groups is 1. The zero-order valence-electron chi connectivity index (χ0n) is 9.36. The van der Waals surface area contributed by atoms with Gasteiger partial charge in [0, 0.05) is 0 Å². The van der Waals surface area contributed by atoms with Gasteiger partial charge in [-0.1, -0.05) is 12.1 Å². The minimum Gasteiger partial charge on any atom is -0.431 e. The Labute approximate surface area is 105 Å². The topological polar surface area (TPSA) is 81.1 Å². The summed E-state index contributed by atoms with van der Waals surface area (Å²) in [5, 5.41) is 2.11. The molecule has 5 nitrogen and oxygen atoms in total. The van der Waals surface area contributed by atoms with Crippen LogP contribution in [-0.2, 0) is 6.18 Å². The van der Waals surface area contributed by atoms with Crippen LogP contribution in [0.2, 0.25) is 0 Å². The van der Waals surface area contributed by atoms with E-state index in [0.29, 0.717) is 0 Å². The Morgan fingerprint density at radius 1 is 1.32 bits per heavy atom.